The first-order chi connectivity index (χ1) is 8.44. The van der Waals surface area contributed by atoms with Crippen LogP contribution in [0.3, 0.4) is 0 Å². The fourth-order valence-electron chi connectivity index (χ4n) is 1.40. The molecule has 0 radical (unpaired) electrons. The van der Waals surface area contributed by atoms with Gasteiger partial charge in [0.2, 0.25) is 5.89 Å². The Morgan fingerprint density at radius 2 is 1.89 bits per heavy atom. The first-order valence-corrected chi connectivity index (χ1v) is 6.16. The molecular weight excluding hydrogens is 250 g/mol. The van der Waals surface area contributed by atoms with Gasteiger partial charge in [-0.05, 0) is 45.0 Å². The third-order valence-electron chi connectivity index (χ3n) is 2.31. The maximum absolute atomic E-state index is 5.84. The van der Waals surface area contributed by atoms with Crippen molar-refractivity contribution >= 4 is 11.6 Å². The number of benzene rings is 1. The van der Waals surface area contributed by atoms with E-state index in [9.17, 15) is 0 Å². The fourth-order valence-corrected chi connectivity index (χ4v) is 1.53. The van der Waals surface area contributed by atoms with E-state index in [1.54, 1.807) is 6.20 Å². The fraction of sp³-hybridized carbons (Fsp3) is 0.357. The molecule has 1 heterocycles. The van der Waals surface area contributed by atoms with Gasteiger partial charge in [0.15, 0.2) is 5.76 Å². The number of nitrogens with zero attached hydrogens (tertiary/aromatic N) is 1. The summed E-state index contributed by atoms with van der Waals surface area (Å²) in [6.07, 6.45) is 1.70. The van der Waals surface area contributed by atoms with Gasteiger partial charge in [-0.3, -0.25) is 0 Å². The van der Waals surface area contributed by atoms with Crippen molar-refractivity contribution < 1.29 is 9.15 Å². The van der Waals surface area contributed by atoms with Crippen LogP contribution in [0.5, 0.6) is 0 Å². The summed E-state index contributed by atoms with van der Waals surface area (Å²) in [5.41, 5.74) is 0.753. The molecule has 3 nitrogen and oxygen atoms in total. The molecule has 18 heavy (non-hydrogen) atoms. The first kappa shape index (κ1) is 13.1. The van der Waals surface area contributed by atoms with E-state index < -0.39 is 0 Å². The molecule has 2 aromatic rings. The van der Waals surface area contributed by atoms with Crippen LogP contribution in [0.1, 0.15) is 26.7 Å². The molecule has 1 aromatic carbocycles. The second-order valence-corrected chi connectivity index (χ2v) is 5.46. The van der Waals surface area contributed by atoms with E-state index in [4.69, 9.17) is 20.8 Å². The largest absolute Gasteiger partial charge is 0.438 e. The Hall–Kier alpha value is -1.32. The van der Waals surface area contributed by atoms with E-state index >= 15 is 0 Å². The summed E-state index contributed by atoms with van der Waals surface area (Å²) in [4.78, 5) is 4.19. The van der Waals surface area contributed by atoms with Gasteiger partial charge in [-0.25, -0.2) is 4.98 Å². The second-order valence-electron chi connectivity index (χ2n) is 5.03. The molecule has 0 unspecified atom stereocenters. The van der Waals surface area contributed by atoms with Gasteiger partial charge in [-0.15, -0.1) is 0 Å². The second kappa shape index (κ2) is 5.12. The Labute approximate surface area is 112 Å². The summed E-state index contributed by atoms with van der Waals surface area (Å²) < 4.78 is 11.2. The lowest BCUT2D eigenvalue weighted by Gasteiger charge is -2.17. The molecule has 0 spiro atoms. The first-order valence-electron chi connectivity index (χ1n) is 5.79. The van der Waals surface area contributed by atoms with E-state index in [1.807, 2.05) is 45.0 Å². The van der Waals surface area contributed by atoms with Crippen molar-refractivity contribution in [1.29, 1.82) is 0 Å². The van der Waals surface area contributed by atoms with E-state index in [-0.39, 0.29) is 5.60 Å². The van der Waals surface area contributed by atoms with Gasteiger partial charge < -0.3 is 9.15 Å². The molecule has 0 aliphatic carbocycles. The normalized spacial score (nSPS) is 11.8. The SMILES string of the molecule is CC(C)(C)OCc1ncc(-c2ccc(Cl)cc2)o1. The van der Waals surface area contributed by atoms with Crippen LogP contribution in [0.15, 0.2) is 34.9 Å². The molecule has 0 saturated carbocycles. The van der Waals surface area contributed by atoms with Crippen molar-refractivity contribution in [2.75, 3.05) is 0 Å². The summed E-state index contributed by atoms with van der Waals surface area (Å²) in [5.74, 6) is 1.30. The maximum atomic E-state index is 5.84. The van der Waals surface area contributed by atoms with Gasteiger partial charge in [0.25, 0.3) is 0 Å². The zero-order chi connectivity index (χ0) is 13.2. The molecule has 2 rings (SSSR count). The minimum atomic E-state index is -0.199. The van der Waals surface area contributed by atoms with Crippen LogP contribution in [0.2, 0.25) is 5.02 Å². The molecule has 0 bridgehead atoms. The summed E-state index contributed by atoms with van der Waals surface area (Å²) >= 11 is 5.84. The van der Waals surface area contributed by atoms with Gasteiger partial charge in [-0.1, -0.05) is 11.6 Å². The standard InChI is InChI=1S/C14H16ClNO2/c1-14(2,3)17-9-13-16-8-12(18-13)10-4-6-11(15)7-5-10/h4-8H,9H2,1-3H3. The topological polar surface area (TPSA) is 35.3 Å². The van der Waals surface area contributed by atoms with Crippen molar-refractivity contribution in [1.82, 2.24) is 4.98 Å². The van der Waals surface area contributed by atoms with Gasteiger partial charge in [0.05, 0.1) is 11.8 Å². The van der Waals surface area contributed by atoms with Crippen LogP contribution in [-0.4, -0.2) is 10.6 Å². The van der Waals surface area contributed by atoms with Crippen molar-refractivity contribution in [2.24, 2.45) is 0 Å². The van der Waals surface area contributed by atoms with E-state index in [0.29, 0.717) is 17.5 Å². The molecule has 96 valence electrons. The zero-order valence-electron chi connectivity index (χ0n) is 10.7. The van der Waals surface area contributed by atoms with Crippen LogP contribution < -0.4 is 0 Å². The number of ether oxygens (including phenoxy) is 1. The number of aromatic nitrogens is 1. The van der Waals surface area contributed by atoms with Crippen LogP contribution in [-0.2, 0) is 11.3 Å². The molecule has 0 aliphatic rings. The third-order valence-corrected chi connectivity index (χ3v) is 2.56. The van der Waals surface area contributed by atoms with E-state index in [1.165, 1.54) is 0 Å². The number of oxazole rings is 1. The monoisotopic (exact) mass is 265 g/mol. The average molecular weight is 266 g/mol. The molecule has 0 atom stereocenters. The minimum Gasteiger partial charge on any atom is -0.438 e. The Balaban J connectivity index is 2.08. The van der Waals surface area contributed by atoms with Gasteiger partial charge in [-0.2, -0.15) is 0 Å². The van der Waals surface area contributed by atoms with Crippen LogP contribution in [0, 0.1) is 0 Å². The maximum Gasteiger partial charge on any atom is 0.220 e. The van der Waals surface area contributed by atoms with Crippen molar-refractivity contribution in [3.8, 4) is 11.3 Å². The summed E-state index contributed by atoms with van der Waals surface area (Å²) in [6, 6.07) is 7.45. The number of rotatable bonds is 3. The Bertz CT molecular complexity index is 511. The Morgan fingerprint density at radius 1 is 1.22 bits per heavy atom. The number of halogens is 1. The molecule has 1 aromatic heterocycles. The third kappa shape index (κ3) is 3.59. The zero-order valence-corrected chi connectivity index (χ0v) is 11.5. The molecule has 0 aliphatic heterocycles. The molecule has 0 saturated heterocycles. The molecule has 0 fully saturated rings. The van der Waals surface area contributed by atoms with Crippen molar-refractivity contribution in [2.45, 2.75) is 33.0 Å². The smallest absolute Gasteiger partial charge is 0.220 e. The van der Waals surface area contributed by atoms with Crippen LogP contribution >= 0.6 is 11.6 Å². The van der Waals surface area contributed by atoms with Crippen LogP contribution in [0.25, 0.3) is 11.3 Å². The van der Waals surface area contributed by atoms with Gasteiger partial charge >= 0.3 is 0 Å². The highest BCUT2D eigenvalue weighted by Crippen LogP contribution is 2.23. The molecule has 4 heteroatoms. The Morgan fingerprint density at radius 3 is 2.50 bits per heavy atom. The highest BCUT2D eigenvalue weighted by molar-refractivity contribution is 6.30. The highest BCUT2D eigenvalue weighted by Gasteiger charge is 2.13. The summed E-state index contributed by atoms with van der Waals surface area (Å²) in [7, 11) is 0. The van der Waals surface area contributed by atoms with Crippen molar-refractivity contribution in [3.63, 3.8) is 0 Å². The van der Waals surface area contributed by atoms with Crippen molar-refractivity contribution in [3.05, 3.63) is 41.4 Å². The predicted octanol–water partition coefficient (Wildman–Crippen LogP) is 4.31. The predicted molar refractivity (Wildman–Crippen MR) is 71.5 cm³/mol. The lowest BCUT2D eigenvalue weighted by molar-refractivity contribution is -0.0241. The molecule has 0 amide bonds. The average Bonchev–Trinajstić information content (AvgIpc) is 2.75. The van der Waals surface area contributed by atoms with Gasteiger partial charge in [0.1, 0.15) is 6.61 Å². The summed E-state index contributed by atoms with van der Waals surface area (Å²) in [6.45, 7) is 6.36. The molecule has 0 N–H and O–H groups in total. The lowest BCUT2D eigenvalue weighted by atomic mass is 10.2. The highest BCUT2D eigenvalue weighted by atomic mass is 35.5. The summed E-state index contributed by atoms with van der Waals surface area (Å²) in [5, 5.41) is 0.703. The van der Waals surface area contributed by atoms with E-state index in [0.717, 1.165) is 11.3 Å². The van der Waals surface area contributed by atoms with Crippen LogP contribution in [0.4, 0.5) is 0 Å². The minimum absolute atomic E-state index is 0.199. The lowest BCUT2D eigenvalue weighted by Crippen LogP contribution is -2.18. The Kier molecular flexibility index (Phi) is 3.73. The van der Waals surface area contributed by atoms with E-state index in [2.05, 4.69) is 4.98 Å². The number of hydrogen-bond acceptors (Lipinski definition) is 3. The quantitative estimate of drug-likeness (QED) is 0.829. The molecular formula is C14H16ClNO2. The number of hydrogen-bond donors (Lipinski definition) is 0. The van der Waals surface area contributed by atoms with Gasteiger partial charge in [0, 0.05) is 10.6 Å².